The van der Waals surface area contributed by atoms with Crippen LogP contribution in [0.3, 0.4) is 0 Å². The summed E-state index contributed by atoms with van der Waals surface area (Å²) in [5.74, 6) is -2.73. The van der Waals surface area contributed by atoms with Gasteiger partial charge in [-0.05, 0) is 5.56 Å². The normalized spacial score (nSPS) is 12.7. The Kier molecular flexibility index (Phi) is 5.05. The van der Waals surface area contributed by atoms with Gasteiger partial charge in [-0.15, -0.1) is 0 Å². The van der Waals surface area contributed by atoms with Gasteiger partial charge in [0.05, 0.1) is 0 Å². The van der Waals surface area contributed by atoms with Crippen molar-refractivity contribution >= 4 is 21.7 Å². The molecule has 0 unspecified atom stereocenters. The van der Waals surface area contributed by atoms with Gasteiger partial charge in [0.2, 0.25) is 5.91 Å². The minimum absolute atomic E-state index is 0.103. The van der Waals surface area contributed by atoms with Crippen molar-refractivity contribution in [1.82, 2.24) is 5.32 Å². The lowest BCUT2D eigenvalue weighted by Gasteiger charge is -2.14. The molecule has 0 bridgehead atoms. The molecule has 0 aliphatic carbocycles. The van der Waals surface area contributed by atoms with Gasteiger partial charge in [-0.25, -0.2) is 13.2 Å². The molecule has 0 spiro atoms. The van der Waals surface area contributed by atoms with Gasteiger partial charge in [-0.2, -0.15) is 0 Å². The molecule has 1 amide bonds. The van der Waals surface area contributed by atoms with E-state index < -0.39 is 33.5 Å². The third-order valence-corrected chi connectivity index (χ3v) is 3.10. The minimum Gasteiger partial charge on any atom is -0.480 e. The molecule has 0 saturated heterocycles. The van der Waals surface area contributed by atoms with Gasteiger partial charge < -0.3 is 10.4 Å². The molecule has 19 heavy (non-hydrogen) atoms. The number of carboxylic acids is 1. The number of carboxylic acid groups (broad SMARTS) is 1. The lowest BCUT2D eigenvalue weighted by molar-refractivity contribution is -0.141. The Morgan fingerprint density at radius 1 is 1.26 bits per heavy atom. The summed E-state index contributed by atoms with van der Waals surface area (Å²) >= 11 is 0. The van der Waals surface area contributed by atoms with Gasteiger partial charge >= 0.3 is 5.97 Å². The molecule has 1 rings (SSSR count). The van der Waals surface area contributed by atoms with Crippen molar-refractivity contribution < 1.29 is 23.1 Å². The molecule has 0 radical (unpaired) electrons. The van der Waals surface area contributed by atoms with E-state index in [9.17, 15) is 18.0 Å². The molecule has 0 fully saturated rings. The summed E-state index contributed by atoms with van der Waals surface area (Å²) in [5.41, 5.74) is 0.745. The molecular formula is C12H15NO5S. The van der Waals surface area contributed by atoms with Crippen LogP contribution in [0.5, 0.6) is 0 Å². The summed E-state index contributed by atoms with van der Waals surface area (Å²) in [4.78, 5) is 22.5. The first-order valence-electron chi connectivity index (χ1n) is 5.52. The second-order valence-electron chi connectivity index (χ2n) is 4.22. The van der Waals surface area contributed by atoms with Crippen molar-refractivity contribution in [3.8, 4) is 0 Å². The molecule has 0 heterocycles. The maximum absolute atomic E-state index is 11.4. The van der Waals surface area contributed by atoms with Crippen LogP contribution < -0.4 is 5.32 Å². The van der Waals surface area contributed by atoms with Gasteiger partial charge in [0.15, 0.2) is 9.84 Å². The third kappa shape index (κ3) is 6.01. The molecule has 7 heteroatoms. The molecule has 1 atom stereocenters. The smallest absolute Gasteiger partial charge is 0.326 e. The standard InChI is InChI=1S/C12H15NO5S/c1-19(17,18)8-11(14)13-10(12(15)16)7-9-5-3-2-4-6-9/h2-6,10H,7-8H2,1H3,(H,13,14)(H,15,16)/t10-/m0/s1. The quantitative estimate of drug-likeness (QED) is 0.756. The van der Waals surface area contributed by atoms with Gasteiger partial charge in [-0.3, -0.25) is 4.79 Å². The zero-order chi connectivity index (χ0) is 14.5. The molecule has 0 aliphatic heterocycles. The number of amides is 1. The zero-order valence-corrected chi connectivity index (χ0v) is 11.2. The van der Waals surface area contributed by atoms with E-state index in [1.54, 1.807) is 30.3 Å². The fraction of sp³-hybridized carbons (Fsp3) is 0.333. The first kappa shape index (κ1) is 15.2. The summed E-state index contributed by atoms with van der Waals surface area (Å²) < 4.78 is 21.9. The van der Waals surface area contributed by atoms with Crippen molar-refractivity contribution in [2.45, 2.75) is 12.5 Å². The molecule has 1 aromatic carbocycles. The third-order valence-electron chi connectivity index (χ3n) is 2.31. The Bertz CT molecular complexity index is 553. The lowest BCUT2D eigenvalue weighted by Crippen LogP contribution is -2.44. The monoisotopic (exact) mass is 285 g/mol. The Labute approximate surface area is 111 Å². The van der Waals surface area contributed by atoms with Crippen LogP contribution in [0.1, 0.15) is 5.56 Å². The number of carbonyl (C=O) groups excluding carboxylic acids is 1. The summed E-state index contributed by atoms with van der Waals surface area (Å²) in [6, 6.07) is 7.63. The fourth-order valence-electron chi connectivity index (χ4n) is 1.52. The molecule has 104 valence electrons. The molecule has 0 aromatic heterocycles. The van der Waals surface area contributed by atoms with Crippen LogP contribution in [0.25, 0.3) is 0 Å². The predicted molar refractivity (Wildman–Crippen MR) is 69.4 cm³/mol. The predicted octanol–water partition coefficient (Wildman–Crippen LogP) is -0.157. The van der Waals surface area contributed by atoms with Crippen LogP contribution in [0.4, 0.5) is 0 Å². The van der Waals surface area contributed by atoms with Crippen LogP contribution in [-0.4, -0.2) is 43.5 Å². The van der Waals surface area contributed by atoms with E-state index in [4.69, 9.17) is 5.11 Å². The fourth-order valence-corrected chi connectivity index (χ4v) is 2.08. The average Bonchev–Trinajstić information content (AvgIpc) is 2.26. The van der Waals surface area contributed by atoms with Crippen molar-refractivity contribution in [2.75, 3.05) is 12.0 Å². The molecule has 1 aromatic rings. The van der Waals surface area contributed by atoms with Crippen LogP contribution >= 0.6 is 0 Å². The number of carbonyl (C=O) groups is 2. The van der Waals surface area contributed by atoms with E-state index in [-0.39, 0.29) is 6.42 Å². The summed E-state index contributed by atoms with van der Waals surface area (Å²) in [5, 5.41) is 11.2. The molecular weight excluding hydrogens is 270 g/mol. The van der Waals surface area contributed by atoms with Gasteiger partial charge in [0, 0.05) is 12.7 Å². The number of hydrogen-bond donors (Lipinski definition) is 2. The second kappa shape index (κ2) is 6.33. The van der Waals surface area contributed by atoms with Crippen LogP contribution in [-0.2, 0) is 25.8 Å². The van der Waals surface area contributed by atoms with Gasteiger partial charge in [-0.1, -0.05) is 30.3 Å². The maximum Gasteiger partial charge on any atom is 0.326 e. The number of benzene rings is 1. The van der Waals surface area contributed by atoms with Crippen molar-refractivity contribution in [3.05, 3.63) is 35.9 Å². The second-order valence-corrected chi connectivity index (χ2v) is 6.36. The lowest BCUT2D eigenvalue weighted by atomic mass is 10.1. The number of sulfone groups is 1. The number of hydrogen-bond acceptors (Lipinski definition) is 4. The van der Waals surface area contributed by atoms with Crippen LogP contribution in [0.15, 0.2) is 30.3 Å². The molecule has 0 saturated carbocycles. The highest BCUT2D eigenvalue weighted by atomic mass is 32.2. The highest BCUT2D eigenvalue weighted by molar-refractivity contribution is 7.91. The summed E-state index contributed by atoms with van der Waals surface area (Å²) in [7, 11) is -3.47. The Balaban J connectivity index is 2.69. The van der Waals surface area contributed by atoms with Gasteiger partial charge in [0.1, 0.15) is 11.8 Å². The van der Waals surface area contributed by atoms with E-state index >= 15 is 0 Å². The number of nitrogens with one attached hydrogen (secondary N) is 1. The van der Waals surface area contributed by atoms with Crippen LogP contribution in [0.2, 0.25) is 0 Å². The van der Waals surface area contributed by atoms with E-state index in [1.165, 1.54) is 0 Å². The topological polar surface area (TPSA) is 101 Å². The highest BCUT2D eigenvalue weighted by Crippen LogP contribution is 2.03. The van der Waals surface area contributed by atoms with Gasteiger partial charge in [0.25, 0.3) is 0 Å². The zero-order valence-electron chi connectivity index (χ0n) is 10.4. The van der Waals surface area contributed by atoms with Crippen molar-refractivity contribution in [3.63, 3.8) is 0 Å². The highest BCUT2D eigenvalue weighted by Gasteiger charge is 2.22. The Morgan fingerprint density at radius 3 is 2.32 bits per heavy atom. The maximum atomic E-state index is 11.4. The Morgan fingerprint density at radius 2 is 1.84 bits per heavy atom. The van der Waals surface area contributed by atoms with Crippen molar-refractivity contribution in [1.29, 1.82) is 0 Å². The van der Waals surface area contributed by atoms with E-state index in [1.807, 2.05) is 0 Å². The van der Waals surface area contributed by atoms with Crippen molar-refractivity contribution in [2.24, 2.45) is 0 Å². The molecule has 6 nitrogen and oxygen atoms in total. The average molecular weight is 285 g/mol. The summed E-state index contributed by atoms with van der Waals surface area (Å²) in [6.07, 6.45) is 1.02. The first-order chi connectivity index (χ1) is 8.78. The minimum atomic E-state index is -3.47. The number of aliphatic carboxylic acids is 1. The molecule has 2 N–H and O–H groups in total. The van der Waals surface area contributed by atoms with E-state index in [2.05, 4.69) is 5.32 Å². The van der Waals surface area contributed by atoms with E-state index in [0.717, 1.165) is 11.8 Å². The summed E-state index contributed by atoms with van der Waals surface area (Å²) in [6.45, 7) is 0. The SMILES string of the molecule is CS(=O)(=O)CC(=O)N[C@@H](Cc1ccccc1)C(=O)O. The molecule has 0 aliphatic rings. The first-order valence-corrected chi connectivity index (χ1v) is 7.58. The van der Waals surface area contributed by atoms with E-state index in [0.29, 0.717) is 0 Å². The largest absolute Gasteiger partial charge is 0.480 e. The van der Waals surface area contributed by atoms with Crippen LogP contribution in [0, 0.1) is 0 Å². The Hall–Kier alpha value is -1.89. The number of rotatable bonds is 6.